The average molecular weight is 458 g/mol. The molecule has 0 aliphatic carbocycles. The SMILES string of the molecule is CCN(CC)C(CNC(=NC)NCCCCSC)CC(C)C.I. The first-order valence-electron chi connectivity index (χ1n) is 8.76. The molecule has 4 nitrogen and oxygen atoms in total. The molecule has 0 saturated heterocycles. The molecule has 0 spiro atoms. The highest BCUT2D eigenvalue weighted by molar-refractivity contribution is 14.0. The van der Waals surface area contributed by atoms with Crippen LogP contribution in [0.25, 0.3) is 0 Å². The van der Waals surface area contributed by atoms with E-state index in [9.17, 15) is 0 Å². The lowest BCUT2D eigenvalue weighted by Crippen LogP contribution is -2.47. The Bertz CT molecular complexity index is 284. The summed E-state index contributed by atoms with van der Waals surface area (Å²) < 4.78 is 0. The van der Waals surface area contributed by atoms with Gasteiger partial charge in [-0.05, 0) is 50.3 Å². The fourth-order valence-corrected chi connectivity index (χ4v) is 3.15. The van der Waals surface area contributed by atoms with E-state index >= 15 is 0 Å². The molecule has 0 heterocycles. The molecule has 140 valence electrons. The van der Waals surface area contributed by atoms with Gasteiger partial charge in [0.05, 0.1) is 0 Å². The number of hydrogen-bond donors (Lipinski definition) is 2. The van der Waals surface area contributed by atoms with Crippen molar-refractivity contribution in [3.63, 3.8) is 0 Å². The molecule has 0 aliphatic rings. The second-order valence-corrected chi connectivity index (χ2v) is 7.07. The van der Waals surface area contributed by atoms with Gasteiger partial charge in [-0.25, -0.2) is 0 Å². The highest BCUT2D eigenvalue weighted by Crippen LogP contribution is 2.10. The summed E-state index contributed by atoms with van der Waals surface area (Å²) in [5, 5.41) is 6.93. The minimum absolute atomic E-state index is 0. The second kappa shape index (κ2) is 17.1. The summed E-state index contributed by atoms with van der Waals surface area (Å²) in [7, 11) is 1.85. The first-order chi connectivity index (χ1) is 10.6. The van der Waals surface area contributed by atoms with Crippen molar-refractivity contribution in [1.29, 1.82) is 0 Å². The van der Waals surface area contributed by atoms with Gasteiger partial charge in [0, 0.05) is 26.2 Å². The lowest BCUT2D eigenvalue weighted by atomic mass is 10.0. The van der Waals surface area contributed by atoms with Crippen LogP contribution >= 0.6 is 35.7 Å². The molecule has 0 saturated carbocycles. The zero-order valence-corrected chi connectivity index (χ0v) is 19.2. The standard InChI is InChI=1S/C17H38N4S.HI/c1-7-21(8-2)16(13-15(3)4)14-20-17(18-5)19-11-9-10-12-22-6;/h15-16H,7-14H2,1-6H3,(H2,18,19,20);1H. The first kappa shape index (κ1) is 25.5. The molecule has 23 heavy (non-hydrogen) atoms. The van der Waals surface area contributed by atoms with Crippen LogP contribution in [0.5, 0.6) is 0 Å². The van der Waals surface area contributed by atoms with Crippen LogP contribution in [0.15, 0.2) is 4.99 Å². The Balaban J connectivity index is 0. The molecule has 0 aromatic heterocycles. The summed E-state index contributed by atoms with van der Waals surface area (Å²) in [6.07, 6.45) is 5.85. The van der Waals surface area contributed by atoms with E-state index in [1.54, 1.807) is 0 Å². The van der Waals surface area contributed by atoms with Crippen LogP contribution in [0.4, 0.5) is 0 Å². The fourth-order valence-electron chi connectivity index (χ4n) is 2.66. The number of halogens is 1. The number of thioether (sulfide) groups is 1. The maximum absolute atomic E-state index is 4.34. The molecule has 2 N–H and O–H groups in total. The van der Waals surface area contributed by atoms with E-state index in [1.165, 1.54) is 25.0 Å². The zero-order valence-electron chi connectivity index (χ0n) is 16.0. The Labute approximate surface area is 166 Å². The summed E-state index contributed by atoms with van der Waals surface area (Å²) in [5.41, 5.74) is 0. The van der Waals surface area contributed by atoms with E-state index in [-0.39, 0.29) is 24.0 Å². The number of unbranched alkanes of at least 4 members (excludes halogenated alkanes) is 1. The molecule has 0 amide bonds. The average Bonchev–Trinajstić information content (AvgIpc) is 2.50. The van der Waals surface area contributed by atoms with E-state index in [2.05, 4.69) is 54.5 Å². The van der Waals surface area contributed by atoms with Gasteiger partial charge in [0.1, 0.15) is 0 Å². The highest BCUT2D eigenvalue weighted by atomic mass is 127. The number of nitrogens with one attached hydrogen (secondary N) is 2. The van der Waals surface area contributed by atoms with Gasteiger partial charge in [-0.15, -0.1) is 24.0 Å². The van der Waals surface area contributed by atoms with Crippen LogP contribution in [0.3, 0.4) is 0 Å². The van der Waals surface area contributed by atoms with Gasteiger partial charge in [0.2, 0.25) is 0 Å². The van der Waals surface area contributed by atoms with Crippen molar-refractivity contribution < 1.29 is 0 Å². The minimum atomic E-state index is 0. The smallest absolute Gasteiger partial charge is 0.191 e. The van der Waals surface area contributed by atoms with Gasteiger partial charge in [0.15, 0.2) is 5.96 Å². The lowest BCUT2D eigenvalue weighted by molar-refractivity contribution is 0.191. The number of guanidine groups is 1. The monoisotopic (exact) mass is 458 g/mol. The topological polar surface area (TPSA) is 39.7 Å². The summed E-state index contributed by atoms with van der Waals surface area (Å²) in [6, 6.07) is 0.574. The summed E-state index contributed by atoms with van der Waals surface area (Å²) in [6.45, 7) is 13.3. The Kier molecular flexibility index (Phi) is 19.0. The van der Waals surface area contributed by atoms with Gasteiger partial charge in [-0.2, -0.15) is 11.8 Å². The quantitative estimate of drug-likeness (QED) is 0.203. The Morgan fingerprint density at radius 2 is 1.78 bits per heavy atom. The van der Waals surface area contributed by atoms with E-state index in [1.807, 2.05) is 18.8 Å². The van der Waals surface area contributed by atoms with Crippen molar-refractivity contribution in [2.75, 3.05) is 45.2 Å². The molecular weight excluding hydrogens is 419 g/mol. The summed E-state index contributed by atoms with van der Waals surface area (Å²) in [5.74, 6) is 2.89. The first-order valence-corrected chi connectivity index (χ1v) is 10.2. The third kappa shape index (κ3) is 13.3. The second-order valence-electron chi connectivity index (χ2n) is 6.08. The fraction of sp³-hybridized carbons (Fsp3) is 0.941. The number of rotatable bonds is 12. The largest absolute Gasteiger partial charge is 0.356 e. The predicted octanol–water partition coefficient (Wildman–Crippen LogP) is 3.67. The molecule has 0 fully saturated rings. The van der Waals surface area contributed by atoms with E-state index < -0.39 is 0 Å². The van der Waals surface area contributed by atoms with Gasteiger partial charge >= 0.3 is 0 Å². The van der Waals surface area contributed by atoms with Gasteiger partial charge < -0.3 is 10.6 Å². The van der Waals surface area contributed by atoms with Crippen LogP contribution in [-0.4, -0.2) is 62.1 Å². The van der Waals surface area contributed by atoms with Crippen LogP contribution < -0.4 is 10.6 Å². The molecule has 0 aliphatic heterocycles. The Hall–Kier alpha value is 0.310. The molecule has 1 unspecified atom stereocenters. The van der Waals surface area contributed by atoms with E-state index in [0.29, 0.717) is 12.0 Å². The van der Waals surface area contributed by atoms with Crippen molar-refractivity contribution in [2.45, 2.75) is 53.0 Å². The maximum atomic E-state index is 4.34. The molecule has 0 rings (SSSR count). The summed E-state index contributed by atoms with van der Waals surface area (Å²) in [4.78, 5) is 6.88. The predicted molar refractivity (Wildman–Crippen MR) is 119 cm³/mol. The molecule has 0 aromatic rings. The van der Waals surface area contributed by atoms with E-state index in [0.717, 1.165) is 32.1 Å². The van der Waals surface area contributed by atoms with Crippen molar-refractivity contribution in [3.8, 4) is 0 Å². The number of aliphatic imine (C=N–C) groups is 1. The van der Waals surface area contributed by atoms with Gasteiger partial charge in [-0.3, -0.25) is 9.89 Å². The minimum Gasteiger partial charge on any atom is -0.356 e. The van der Waals surface area contributed by atoms with Crippen molar-refractivity contribution in [2.24, 2.45) is 10.9 Å². The van der Waals surface area contributed by atoms with E-state index in [4.69, 9.17) is 0 Å². The third-order valence-electron chi connectivity index (χ3n) is 3.87. The van der Waals surface area contributed by atoms with Crippen molar-refractivity contribution in [3.05, 3.63) is 0 Å². The number of hydrogen-bond acceptors (Lipinski definition) is 3. The normalized spacial score (nSPS) is 13.1. The highest BCUT2D eigenvalue weighted by Gasteiger charge is 2.17. The zero-order chi connectivity index (χ0) is 16.8. The lowest BCUT2D eigenvalue weighted by Gasteiger charge is -2.31. The Morgan fingerprint density at radius 1 is 1.13 bits per heavy atom. The molecule has 0 aromatic carbocycles. The summed E-state index contributed by atoms with van der Waals surface area (Å²) >= 11 is 1.92. The van der Waals surface area contributed by atoms with Crippen molar-refractivity contribution in [1.82, 2.24) is 15.5 Å². The van der Waals surface area contributed by atoms with Gasteiger partial charge in [-0.1, -0.05) is 27.7 Å². The Morgan fingerprint density at radius 3 is 2.26 bits per heavy atom. The number of nitrogens with zero attached hydrogens (tertiary/aromatic N) is 2. The van der Waals surface area contributed by atoms with Crippen LogP contribution in [0.1, 0.15) is 47.0 Å². The number of likely N-dealkylation sites (N-methyl/N-ethyl adjacent to an activating group) is 1. The maximum Gasteiger partial charge on any atom is 0.191 e. The van der Waals surface area contributed by atoms with Gasteiger partial charge in [0.25, 0.3) is 0 Å². The van der Waals surface area contributed by atoms with Crippen LogP contribution in [0.2, 0.25) is 0 Å². The third-order valence-corrected chi connectivity index (χ3v) is 4.57. The van der Waals surface area contributed by atoms with Crippen molar-refractivity contribution >= 4 is 41.7 Å². The molecular formula is C17H39IN4S. The molecule has 6 heteroatoms. The molecule has 0 radical (unpaired) electrons. The van der Waals surface area contributed by atoms with Crippen LogP contribution in [0, 0.1) is 5.92 Å². The molecule has 1 atom stereocenters. The van der Waals surface area contributed by atoms with Crippen LogP contribution in [-0.2, 0) is 0 Å². The molecule has 0 bridgehead atoms.